The summed E-state index contributed by atoms with van der Waals surface area (Å²) in [6, 6.07) is 1.84. The molecule has 1 amide bonds. The molecule has 1 aliphatic carbocycles. The van der Waals surface area contributed by atoms with Gasteiger partial charge in [-0.2, -0.15) is 0 Å². The van der Waals surface area contributed by atoms with Crippen LogP contribution in [0, 0.1) is 26.1 Å². The minimum atomic E-state index is -0.837. The molecule has 1 fully saturated rings. The highest BCUT2D eigenvalue weighted by molar-refractivity contribution is 6.35. The van der Waals surface area contributed by atoms with E-state index in [1.807, 2.05) is 6.92 Å². The maximum Gasteiger partial charge on any atom is 0.295 e. The maximum absolute atomic E-state index is 12.4. The molecule has 24 heavy (non-hydrogen) atoms. The smallest absolute Gasteiger partial charge is 0.295 e. The zero-order chi connectivity index (χ0) is 17.9. The van der Waals surface area contributed by atoms with Crippen molar-refractivity contribution in [1.29, 1.82) is 0 Å². The fraction of sp³-hybridized carbons (Fsp3) is 0.533. The van der Waals surface area contributed by atoms with Gasteiger partial charge in [0.25, 0.3) is 17.3 Å². The average Bonchev–Trinajstić information content (AvgIpc) is 2.55. The number of nitrogens with zero attached hydrogens (tertiary/aromatic N) is 2. The van der Waals surface area contributed by atoms with Gasteiger partial charge in [-0.3, -0.25) is 25.0 Å². The van der Waals surface area contributed by atoms with E-state index in [0.717, 1.165) is 37.8 Å². The Morgan fingerprint density at radius 3 is 2.12 bits per heavy atom. The average molecular weight is 356 g/mol. The van der Waals surface area contributed by atoms with Gasteiger partial charge in [0.15, 0.2) is 5.02 Å². The number of rotatable bonds is 5. The molecule has 9 heteroatoms. The number of amides is 1. The van der Waals surface area contributed by atoms with Crippen molar-refractivity contribution < 1.29 is 14.6 Å². The Balaban J connectivity index is 2.25. The summed E-state index contributed by atoms with van der Waals surface area (Å²) in [6.45, 7) is 1.88. The lowest BCUT2D eigenvalue weighted by Crippen LogP contribution is -2.38. The van der Waals surface area contributed by atoms with Crippen molar-refractivity contribution in [2.75, 3.05) is 0 Å². The molecular weight excluding hydrogens is 338 g/mol. The van der Waals surface area contributed by atoms with Gasteiger partial charge in [-0.05, 0) is 25.7 Å². The van der Waals surface area contributed by atoms with Crippen LogP contribution in [0.15, 0.2) is 12.1 Å². The number of carbonyl (C=O) groups is 1. The third-order valence-corrected chi connectivity index (χ3v) is 4.79. The fourth-order valence-corrected chi connectivity index (χ4v) is 3.28. The normalized spacial score (nSPS) is 16.4. The number of nitro groups is 2. The van der Waals surface area contributed by atoms with Gasteiger partial charge in [-0.25, -0.2) is 0 Å². The number of nitro benzene ring substituents is 2. The monoisotopic (exact) mass is 355 g/mol. The van der Waals surface area contributed by atoms with E-state index in [0.29, 0.717) is 5.92 Å². The quantitative estimate of drug-likeness (QED) is 0.636. The van der Waals surface area contributed by atoms with Crippen molar-refractivity contribution in [2.24, 2.45) is 5.92 Å². The molecule has 0 aromatic heterocycles. The summed E-state index contributed by atoms with van der Waals surface area (Å²) in [5.74, 6) is -0.226. The van der Waals surface area contributed by atoms with Crippen LogP contribution < -0.4 is 5.32 Å². The van der Waals surface area contributed by atoms with Crippen LogP contribution >= 0.6 is 11.6 Å². The van der Waals surface area contributed by atoms with E-state index in [2.05, 4.69) is 5.32 Å². The third kappa shape index (κ3) is 4.00. The van der Waals surface area contributed by atoms with Crippen molar-refractivity contribution in [3.63, 3.8) is 0 Å². The van der Waals surface area contributed by atoms with Crippen molar-refractivity contribution in [3.05, 3.63) is 42.9 Å². The molecule has 0 unspecified atom stereocenters. The maximum atomic E-state index is 12.4. The van der Waals surface area contributed by atoms with Gasteiger partial charge in [0.2, 0.25) is 0 Å². The summed E-state index contributed by atoms with van der Waals surface area (Å²) >= 11 is 5.69. The van der Waals surface area contributed by atoms with Crippen molar-refractivity contribution in [2.45, 2.75) is 45.1 Å². The first-order valence-corrected chi connectivity index (χ1v) is 8.12. The number of carbonyl (C=O) groups excluding carboxylic acids is 1. The molecule has 0 aliphatic heterocycles. The lowest BCUT2D eigenvalue weighted by Gasteiger charge is -2.28. The van der Waals surface area contributed by atoms with Crippen LogP contribution in [0.25, 0.3) is 0 Å². The van der Waals surface area contributed by atoms with Gasteiger partial charge in [0.05, 0.1) is 15.4 Å². The molecule has 1 aromatic carbocycles. The number of nitrogens with one attached hydrogen (secondary N) is 1. The van der Waals surface area contributed by atoms with Crippen LogP contribution in [-0.2, 0) is 0 Å². The van der Waals surface area contributed by atoms with Crippen LogP contribution in [-0.4, -0.2) is 21.8 Å². The fourth-order valence-electron chi connectivity index (χ4n) is 3.03. The molecule has 1 atom stereocenters. The predicted molar refractivity (Wildman–Crippen MR) is 88.3 cm³/mol. The molecule has 1 aromatic rings. The number of benzene rings is 1. The Kier molecular flexibility index (Phi) is 5.71. The van der Waals surface area contributed by atoms with Gasteiger partial charge in [0, 0.05) is 18.2 Å². The van der Waals surface area contributed by atoms with Crippen LogP contribution in [0.3, 0.4) is 0 Å². The lowest BCUT2D eigenvalue weighted by atomic mass is 9.84. The lowest BCUT2D eigenvalue weighted by molar-refractivity contribution is -0.393. The molecule has 0 radical (unpaired) electrons. The second-order valence-electron chi connectivity index (χ2n) is 6.00. The van der Waals surface area contributed by atoms with E-state index < -0.39 is 32.2 Å². The SMILES string of the molecule is C[C@@H](NC(=O)c1cc([N+](=O)[O-])c(Cl)c([N+](=O)[O-])c1)C1CCCCC1. The van der Waals surface area contributed by atoms with E-state index in [-0.39, 0.29) is 11.6 Å². The Morgan fingerprint density at radius 2 is 1.67 bits per heavy atom. The topological polar surface area (TPSA) is 115 Å². The van der Waals surface area contributed by atoms with Crippen LogP contribution in [0.1, 0.15) is 49.4 Å². The Morgan fingerprint density at radius 1 is 1.17 bits per heavy atom. The van der Waals surface area contributed by atoms with E-state index >= 15 is 0 Å². The molecule has 1 aliphatic rings. The minimum Gasteiger partial charge on any atom is -0.349 e. The molecule has 1 saturated carbocycles. The molecule has 1 N–H and O–H groups in total. The van der Waals surface area contributed by atoms with Crippen molar-refractivity contribution in [3.8, 4) is 0 Å². The first kappa shape index (κ1) is 18.1. The highest BCUT2D eigenvalue weighted by Gasteiger charge is 2.28. The Labute approximate surface area is 143 Å². The number of hydrogen-bond acceptors (Lipinski definition) is 5. The Hall–Kier alpha value is -2.22. The van der Waals surface area contributed by atoms with Crippen LogP contribution in [0.4, 0.5) is 11.4 Å². The van der Waals surface area contributed by atoms with Crippen LogP contribution in [0.2, 0.25) is 5.02 Å². The Bertz CT molecular complexity index is 638. The van der Waals surface area contributed by atoms with Crippen molar-refractivity contribution in [1.82, 2.24) is 5.32 Å². The molecule has 0 bridgehead atoms. The standard InChI is InChI=1S/C15H18ClN3O5/c1-9(10-5-3-2-4-6-10)17-15(20)11-7-12(18(21)22)14(16)13(8-11)19(23)24/h7-10H,2-6H2,1H3,(H,17,20)/t9-/m1/s1. The first-order valence-electron chi connectivity index (χ1n) is 7.74. The number of hydrogen-bond donors (Lipinski definition) is 1. The zero-order valence-electron chi connectivity index (χ0n) is 13.2. The van der Waals surface area contributed by atoms with E-state index in [1.54, 1.807) is 0 Å². The molecular formula is C15H18ClN3O5. The minimum absolute atomic E-state index is 0.105. The van der Waals surface area contributed by atoms with Crippen LogP contribution in [0.5, 0.6) is 0 Å². The zero-order valence-corrected chi connectivity index (χ0v) is 13.9. The van der Waals surface area contributed by atoms with E-state index in [9.17, 15) is 25.0 Å². The van der Waals surface area contributed by atoms with Gasteiger partial charge in [-0.15, -0.1) is 0 Å². The second-order valence-corrected chi connectivity index (χ2v) is 6.38. The summed E-state index contributed by atoms with van der Waals surface area (Å²) in [5, 5.41) is 24.2. The summed E-state index contributed by atoms with van der Waals surface area (Å²) in [6.07, 6.45) is 5.45. The molecule has 0 heterocycles. The summed E-state index contributed by atoms with van der Waals surface area (Å²) in [4.78, 5) is 32.7. The van der Waals surface area contributed by atoms with Gasteiger partial charge >= 0.3 is 0 Å². The molecule has 130 valence electrons. The summed E-state index contributed by atoms with van der Waals surface area (Å²) < 4.78 is 0. The first-order chi connectivity index (χ1) is 11.3. The molecule has 0 saturated heterocycles. The predicted octanol–water partition coefficient (Wildman–Crippen LogP) is 3.86. The summed E-state index contributed by atoms with van der Waals surface area (Å²) in [5.41, 5.74) is -1.44. The largest absolute Gasteiger partial charge is 0.349 e. The highest BCUT2D eigenvalue weighted by Crippen LogP contribution is 2.35. The molecule has 2 rings (SSSR count). The number of halogens is 1. The van der Waals surface area contributed by atoms with E-state index in [4.69, 9.17) is 11.6 Å². The van der Waals surface area contributed by atoms with Gasteiger partial charge < -0.3 is 5.32 Å². The summed E-state index contributed by atoms with van der Waals surface area (Å²) in [7, 11) is 0. The molecule has 0 spiro atoms. The highest BCUT2D eigenvalue weighted by atomic mass is 35.5. The second kappa shape index (κ2) is 7.57. The van der Waals surface area contributed by atoms with E-state index in [1.165, 1.54) is 6.42 Å². The van der Waals surface area contributed by atoms with Gasteiger partial charge in [-0.1, -0.05) is 30.9 Å². The van der Waals surface area contributed by atoms with Gasteiger partial charge in [0.1, 0.15) is 0 Å². The van der Waals surface area contributed by atoms with Crippen molar-refractivity contribution >= 4 is 28.9 Å². The molecule has 8 nitrogen and oxygen atoms in total. The third-order valence-electron chi connectivity index (χ3n) is 4.41.